The first kappa shape index (κ1) is 19.4. The zero-order valence-electron chi connectivity index (χ0n) is 16.0. The molecule has 2 amide bonds. The molecule has 0 unspecified atom stereocenters. The van der Waals surface area contributed by atoms with E-state index in [9.17, 15) is 9.59 Å². The molecule has 1 aliphatic carbocycles. The molecule has 0 bridgehead atoms. The van der Waals surface area contributed by atoms with Gasteiger partial charge in [0.05, 0.1) is 23.3 Å². The van der Waals surface area contributed by atoms with Crippen LogP contribution in [-0.4, -0.2) is 33.5 Å². The number of rotatable bonds is 4. The first-order valence-electron chi connectivity index (χ1n) is 8.99. The van der Waals surface area contributed by atoms with Crippen molar-refractivity contribution in [3.8, 4) is 0 Å². The summed E-state index contributed by atoms with van der Waals surface area (Å²) in [5, 5.41) is 10.5. The molecule has 1 heterocycles. The molecule has 2 atom stereocenters. The van der Waals surface area contributed by atoms with E-state index in [-0.39, 0.29) is 35.2 Å². The number of benzene rings is 1. The maximum absolute atomic E-state index is 13.0. The first-order chi connectivity index (χ1) is 12.7. The fraction of sp³-hybridized carbons (Fsp3) is 0.450. The molecule has 0 spiro atoms. The van der Waals surface area contributed by atoms with Gasteiger partial charge in [0.15, 0.2) is 0 Å². The Labute approximate surface area is 164 Å². The molecule has 7 heteroatoms. The van der Waals surface area contributed by atoms with Crippen molar-refractivity contribution in [3.63, 3.8) is 0 Å². The second kappa shape index (κ2) is 7.35. The van der Waals surface area contributed by atoms with Gasteiger partial charge < -0.3 is 10.6 Å². The second-order valence-corrected chi connectivity index (χ2v) is 8.24. The minimum atomic E-state index is -0.300. The number of halogens is 1. The zero-order valence-corrected chi connectivity index (χ0v) is 16.8. The predicted molar refractivity (Wildman–Crippen MR) is 105 cm³/mol. The van der Waals surface area contributed by atoms with Crippen LogP contribution >= 0.6 is 11.6 Å². The minimum Gasteiger partial charge on any atom is -0.346 e. The smallest absolute Gasteiger partial charge is 0.255 e. The number of nitrogens with zero attached hydrogens (tertiary/aromatic N) is 2. The van der Waals surface area contributed by atoms with E-state index in [0.717, 1.165) is 16.8 Å². The average molecular weight is 389 g/mol. The van der Waals surface area contributed by atoms with Crippen molar-refractivity contribution in [2.75, 3.05) is 5.88 Å². The van der Waals surface area contributed by atoms with E-state index < -0.39 is 0 Å². The normalized spacial score (nSPS) is 18.9. The molecule has 0 radical (unpaired) electrons. The Kier molecular flexibility index (Phi) is 5.29. The summed E-state index contributed by atoms with van der Waals surface area (Å²) in [6.07, 6.45) is 2.39. The summed E-state index contributed by atoms with van der Waals surface area (Å²) in [6, 6.07) is 7.35. The van der Waals surface area contributed by atoms with Gasteiger partial charge in [-0.1, -0.05) is 45.0 Å². The molecule has 0 saturated heterocycles. The highest BCUT2D eigenvalue weighted by Crippen LogP contribution is 2.32. The van der Waals surface area contributed by atoms with Gasteiger partial charge in [0.25, 0.3) is 5.91 Å². The molecule has 0 aliphatic heterocycles. The van der Waals surface area contributed by atoms with Crippen LogP contribution in [0.5, 0.6) is 0 Å². The lowest BCUT2D eigenvalue weighted by Gasteiger charge is -2.23. The van der Waals surface area contributed by atoms with Crippen LogP contribution in [0.4, 0.5) is 0 Å². The van der Waals surface area contributed by atoms with Crippen molar-refractivity contribution < 1.29 is 9.59 Å². The fourth-order valence-electron chi connectivity index (χ4n) is 3.57. The first-order valence-corrected chi connectivity index (χ1v) is 9.52. The number of amides is 2. The Bertz CT molecular complexity index is 869. The van der Waals surface area contributed by atoms with Crippen LogP contribution in [0.3, 0.4) is 0 Å². The van der Waals surface area contributed by atoms with Gasteiger partial charge in [0, 0.05) is 18.7 Å². The van der Waals surface area contributed by atoms with Crippen molar-refractivity contribution in [1.29, 1.82) is 0 Å². The van der Waals surface area contributed by atoms with Crippen LogP contribution in [-0.2, 0) is 23.7 Å². The molecule has 6 nitrogen and oxygen atoms in total. The van der Waals surface area contributed by atoms with E-state index in [4.69, 9.17) is 11.6 Å². The van der Waals surface area contributed by atoms with Crippen LogP contribution in [0.1, 0.15) is 54.0 Å². The number of alkyl halides is 1. The summed E-state index contributed by atoms with van der Waals surface area (Å²) in [4.78, 5) is 24.9. The number of fused-ring (bicyclic) bond motifs is 1. The van der Waals surface area contributed by atoms with E-state index >= 15 is 0 Å². The SMILES string of the molecule is Cn1cc(C(=O)N[C@@H]2Cc3ccccc3[C@H]2NC(=O)CCl)c(C(C)(C)C)n1. The monoisotopic (exact) mass is 388 g/mol. The number of aryl methyl sites for hydroxylation is 1. The summed E-state index contributed by atoms with van der Waals surface area (Å²) in [7, 11) is 1.81. The van der Waals surface area contributed by atoms with Gasteiger partial charge in [0.1, 0.15) is 5.88 Å². The van der Waals surface area contributed by atoms with E-state index in [2.05, 4.69) is 15.7 Å². The topological polar surface area (TPSA) is 76.0 Å². The molecule has 144 valence electrons. The Hall–Kier alpha value is -2.34. The molecule has 27 heavy (non-hydrogen) atoms. The van der Waals surface area contributed by atoms with Crippen molar-refractivity contribution in [1.82, 2.24) is 20.4 Å². The van der Waals surface area contributed by atoms with E-state index in [1.54, 1.807) is 17.9 Å². The van der Waals surface area contributed by atoms with Crippen molar-refractivity contribution in [3.05, 3.63) is 52.8 Å². The molecule has 0 fully saturated rings. The third kappa shape index (κ3) is 4.00. The highest BCUT2D eigenvalue weighted by atomic mass is 35.5. The highest BCUT2D eigenvalue weighted by Gasteiger charge is 2.35. The summed E-state index contributed by atoms with van der Waals surface area (Å²) >= 11 is 5.67. The van der Waals surface area contributed by atoms with Gasteiger partial charge in [-0.05, 0) is 17.5 Å². The summed E-state index contributed by atoms with van der Waals surface area (Å²) in [6.45, 7) is 6.09. The Morgan fingerprint density at radius 1 is 1.26 bits per heavy atom. The standard InChI is InChI=1S/C20H25ClN4O2/c1-20(2,3)18-14(11-25(4)24-18)19(27)22-15-9-12-7-5-6-8-13(12)17(15)23-16(26)10-21/h5-8,11,15,17H,9-10H2,1-4H3,(H,22,27)(H,23,26)/t15-,17-/m1/s1. The number of hydrogen-bond acceptors (Lipinski definition) is 3. The lowest BCUT2D eigenvalue weighted by atomic mass is 9.89. The van der Waals surface area contributed by atoms with Crippen LogP contribution in [0.15, 0.2) is 30.5 Å². The Morgan fingerprint density at radius 2 is 1.96 bits per heavy atom. The van der Waals surface area contributed by atoms with Gasteiger partial charge in [0.2, 0.25) is 5.91 Å². The Morgan fingerprint density at radius 3 is 2.63 bits per heavy atom. The molecular weight excluding hydrogens is 364 g/mol. The molecule has 3 rings (SSSR count). The lowest BCUT2D eigenvalue weighted by Crippen LogP contribution is -2.45. The maximum atomic E-state index is 13.0. The van der Waals surface area contributed by atoms with E-state index in [1.165, 1.54) is 0 Å². The third-order valence-electron chi connectivity index (χ3n) is 4.77. The maximum Gasteiger partial charge on any atom is 0.255 e. The van der Waals surface area contributed by atoms with Crippen LogP contribution in [0, 0.1) is 0 Å². The zero-order chi connectivity index (χ0) is 19.8. The summed E-state index contributed by atoms with van der Waals surface area (Å²) in [5.41, 5.74) is 3.19. The number of nitrogens with one attached hydrogen (secondary N) is 2. The van der Waals surface area contributed by atoms with Crippen molar-refractivity contribution in [2.24, 2.45) is 7.05 Å². The number of hydrogen-bond donors (Lipinski definition) is 2. The average Bonchev–Trinajstić information content (AvgIpc) is 3.16. The van der Waals surface area contributed by atoms with Gasteiger partial charge in [-0.25, -0.2) is 0 Å². The van der Waals surface area contributed by atoms with Gasteiger partial charge >= 0.3 is 0 Å². The molecule has 1 aromatic heterocycles. The fourth-order valence-corrected chi connectivity index (χ4v) is 3.65. The second-order valence-electron chi connectivity index (χ2n) is 7.98. The summed E-state index contributed by atoms with van der Waals surface area (Å²) < 4.78 is 1.66. The largest absolute Gasteiger partial charge is 0.346 e. The minimum absolute atomic E-state index is 0.115. The molecule has 2 N–H and O–H groups in total. The predicted octanol–water partition coefficient (Wildman–Crippen LogP) is 2.47. The van der Waals surface area contributed by atoms with Gasteiger partial charge in [-0.3, -0.25) is 14.3 Å². The van der Waals surface area contributed by atoms with Crippen LogP contribution in [0.25, 0.3) is 0 Å². The molecule has 0 saturated carbocycles. The van der Waals surface area contributed by atoms with Gasteiger partial charge in [-0.2, -0.15) is 5.10 Å². The third-order valence-corrected chi connectivity index (χ3v) is 5.01. The number of carbonyl (C=O) groups is 2. The van der Waals surface area contributed by atoms with Gasteiger partial charge in [-0.15, -0.1) is 11.6 Å². The van der Waals surface area contributed by atoms with E-state index in [0.29, 0.717) is 12.0 Å². The Balaban J connectivity index is 1.86. The van der Waals surface area contributed by atoms with E-state index in [1.807, 2.05) is 45.0 Å². The quantitative estimate of drug-likeness (QED) is 0.790. The van der Waals surface area contributed by atoms with Crippen molar-refractivity contribution >= 4 is 23.4 Å². The molecule has 2 aromatic rings. The van der Waals surface area contributed by atoms with Crippen molar-refractivity contribution in [2.45, 2.75) is 44.7 Å². The molecule has 1 aliphatic rings. The van der Waals surface area contributed by atoms with Crippen LogP contribution < -0.4 is 10.6 Å². The van der Waals surface area contributed by atoms with Crippen LogP contribution in [0.2, 0.25) is 0 Å². The highest BCUT2D eigenvalue weighted by molar-refractivity contribution is 6.27. The lowest BCUT2D eigenvalue weighted by molar-refractivity contribution is -0.119. The molecule has 1 aromatic carbocycles. The number of carbonyl (C=O) groups excluding carboxylic acids is 2. The molecular formula is C20H25ClN4O2. The summed E-state index contributed by atoms with van der Waals surface area (Å²) in [5.74, 6) is -0.554. The number of aromatic nitrogens is 2.